The summed E-state index contributed by atoms with van der Waals surface area (Å²) in [6.45, 7) is 10.0. The van der Waals surface area contributed by atoms with Crippen molar-refractivity contribution in [2.75, 3.05) is 13.2 Å². The molecule has 12 heteroatoms. The standard InChI is InChI=1S/C23H35N3O7.C2H4O2/c1-15(25-26-21(24)31)17-14-16(32-12-6-10-22(2,3)19(27)28)8-9-18(17)33-13-7-11-23(4,5)20(29)30;1-2(3)4/h8-9,14H,6-7,10-13H2,1-5H3,(H,27,28)(H,29,30)(H3,24,26,31);1H3,(H,3,4)/b25-15+;. The molecule has 0 spiro atoms. The van der Waals surface area contributed by atoms with Crippen molar-refractivity contribution in [3.63, 3.8) is 0 Å². The first-order valence-corrected chi connectivity index (χ1v) is 11.7. The fourth-order valence-electron chi connectivity index (χ4n) is 2.82. The van der Waals surface area contributed by atoms with Crippen molar-refractivity contribution >= 4 is 29.7 Å². The van der Waals surface area contributed by atoms with Crippen molar-refractivity contribution in [2.24, 2.45) is 21.7 Å². The minimum absolute atomic E-state index is 0.296. The topological polar surface area (TPSA) is 198 Å². The van der Waals surface area contributed by atoms with Crippen molar-refractivity contribution in [2.45, 2.75) is 67.2 Å². The lowest BCUT2D eigenvalue weighted by Gasteiger charge is -2.20. The van der Waals surface area contributed by atoms with Gasteiger partial charge in [-0.25, -0.2) is 10.2 Å². The first-order chi connectivity index (χ1) is 17.0. The van der Waals surface area contributed by atoms with E-state index >= 15 is 0 Å². The maximum atomic E-state index is 11.2. The van der Waals surface area contributed by atoms with E-state index in [1.165, 1.54) is 0 Å². The number of carbonyl (C=O) groups is 4. The first kappa shape index (κ1) is 33.2. The molecule has 6 N–H and O–H groups in total. The summed E-state index contributed by atoms with van der Waals surface area (Å²) in [5.41, 5.74) is 6.60. The summed E-state index contributed by atoms with van der Waals surface area (Å²) < 4.78 is 11.6. The Hall–Kier alpha value is -3.83. The second kappa shape index (κ2) is 15.3. The molecule has 0 aliphatic heterocycles. The number of urea groups is 1. The molecule has 37 heavy (non-hydrogen) atoms. The average molecular weight is 526 g/mol. The number of carbonyl (C=O) groups excluding carboxylic acids is 1. The Morgan fingerprint density at radius 1 is 0.892 bits per heavy atom. The normalized spacial score (nSPS) is 11.6. The molecule has 0 aliphatic carbocycles. The maximum absolute atomic E-state index is 11.2. The molecule has 12 nitrogen and oxygen atoms in total. The third-order valence-corrected chi connectivity index (χ3v) is 5.25. The van der Waals surface area contributed by atoms with Crippen LogP contribution in [-0.4, -0.2) is 58.2 Å². The van der Waals surface area contributed by atoms with Crippen LogP contribution < -0.4 is 20.6 Å². The van der Waals surface area contributed by atoms with E-state index in [1.54, 1.807) is 52.8 Å². The molecule has 1 rings (SSSR count). The van der Waals surface area contributed by atoms with E-state index in [0.29, 0.717) is 61.7 Å². The van der Waals surface area contributed by atoms with Gasteiger partial charge in [-0.2, -0.15) is 5.10 Å². The Labute approximate surface area is 216 Å². The molecule has 0 radical (unpaired) electrons. The van der Waals surface area contributed by atoms with Gasteiger partial charge in [0.15, 0.2) is 0 Å². The van der Waals surface area contributed by atoms with Crippen molar-refractivity contribution in [1.29, 1.82) is 0 Å². The summed E-state index contributed by atoms with van der Waals surface area (Å²) in [6, 6.07) is 4.33. The van der Waals surface area contributed by atoms with Gasteiger partial charge in [-0.15, -0.1) is 0 Å². The molecule has 1 aromatic carbocycles. The summed E-state index contributed by atoms with van der Waals surface area (Å²) in [4.78, 5) is 42.5. The van der Waals surface area contributed by atoms with E-state index in [2.05, 4.69) is 10.5 Å². The molecule has 1 aromatic rings. The second-order valence-electron chi connectivity index (χ2n) is 9.63. The van der Waals surface area contributed by atoms with Crippen LogP contribution in [0.25, 0.3) is 0 Å². The average Bonchev–Trinajstić information content (AvgIpc) is 2.77. The smallest absolute Gasteiger partial charge is 0.332 e. The number of hydrazone groups is 1. The number of nitrogens with one attached hydrogen (secondary N) is 1. The first-order valence-electron chi connectivity index (χ1n) is 11.7. The van der Waals surface area contributed by atoms with Gasteiger partial charge in [0.2, 0.25) is 0 Å². The fourth-order valence-corrected chi connectivity index (χ4v) is 2.82. The lowest BCUT2D eigenvalue weighted by Crippen LogP contribution is -2.25. The lowest BCUT2D eigenvalue weighted by atomic mass is 9.88. The van der Waals surface area contributed by atoms with E-state index in [4.69, 9.17) is 25.1 Å². The van der Waals surface area contributed by atoms with Gasteiger partial charge >= 0.3 is 18.0 Å². The van der Waals surface area contributed by atoms with Gasteiger partial charge in [0.05, 0.1) is 29.8 Å². The Kier molecular flexibility index (Phi) is 13.7. The zero-order valence-electron chi connectivity index (χ0n) is 22.3. The van der Waals surface area contributed by atoms with Crippen molar-refractivity contribution in [3.8, 4) is 11.5 Å². The van der Waals surface area contributed by atoms with Gasteiger partial charge in [0.1, 0.15) is 11.5 Å². The number of nitrogens with zero attached hydrogens (tertiary/aromatic N) is 1. The fraction of sp³-hybridized carbons (Fsp3) is 0.560. The lowest BCUT2D eigenvalue weighted by molar-refractivity contribution is -0.148. The Balaban J connectivity index is 0.00000300. The Bertz CT molecular complexity index is 968. The van der Waals surface area contributed by atoms with Gasteiger partial charge in [-0.05, 0) is 78.5 Å². The summed E-state index contributed by atoms with van der Waals surface area (Å²) in [7, 11) is 0. The van der Waals surface area contributed by atoms with Gasteiger partial charge < -0.3 is 30.5 Å². The predicted octanol–water partition coefficient (Wildman–Crippen LogP) is 3.71. The molecule has 0 saturated carbocycles. The van der Waals surface area contributed by atoms with E-state index in [1.807, 2.05) is 0 Å². The van der Waals surface area contributed by atoms with Crippen LogP contribution in [0.2, 0.25) is 0 Å². The molecular formula is C25H39N3O9. The Morgan fingerprint density at radius 3 is 1.78 bits per heavy atom. The third kappa shape index (κ3) is 13.7. The number of benzene rings is 1. The van der Waals surface area contributed by atoms with Crippen molar-refractivity contribution < 1.29 is 44.0 Å². The summed E-state index contributed by atoms with van der Waals surface area (Å²) >= 11 is 0. The highest BCUT2D eigenvalue weighted by atomic mass is 16.5. The number of hydrogen-bond acceptors (Lipinski definition) is 7. The number of rotatable bonds is 14. The summed E-state index contributed by atoms with van der Waals surface area (Å²) in [5, 5.41) is 29.8. The highest BCUT2D eigenvalue weighted by molar-refractivity contribution is 6.01. The van der Waals surface area contributed by atoms with Crippen LogP contribution >= 0.6 is 0 Å². The van der Waals surface area contributed by atoms with Crippen LogP contribution in [0, 0.1) is 10.8 Å². The zero-order valence-corrected chi connectivity index (χ0v) is 22.3. The molecule has 0 unspecified atom stereocenters. The number of hydrogen-bond donors (Lipinski definition) is 5. The van der Waals surface area contributed by atoms with E-state index in [9.17, 15) is 24.6 Å². The van der Waals surface area contributed by atoms with Gasteiger partial charge in [-0.1, -0.05) is 0 Å². The van der Waals surface area contributed by atoms with Crippen LogP contribution in [0.1, 0.15) is 72.8 Å². The molecule has 0 aliphatic rings. The minimum Gasteiger partial charge on any atom is -0.494 e. The highest BCUT2D eigenvalue weighted by Gasteiger charge is 2.27. The minimum atomic E-state index is -0.864. The SMILES string of the molecule is C/C(=N\NC(N)=O)c1cc(OCCCC(C)(C)C(=O)O)ccc1OCCCC(C)(C)C(=O)O.CC(=O)O. The van der Waals surface area contributed by atoms with Crippen LogP contribution in [0.4, 0.5) is 4.79 Å². The largest absolute Gasteiger partial charge is 0.494 e. The number of primary amides is 1. The number of carboxylic acids is 3. The van der Waals surface area contributed by atoms with Crippen molar-refractivity contribution in [3.05, 3.63) is 23.8 Å². The Morgan fingerprint density at radius 2 is 1.35 bits per heavy atom. The number of amides is 2. The molecule has 2 amide bonds. The van der Waals surface area contributed by atoms with Gasteiger partial charge in [0.25, 0.3) is 5.97 Å². The zero-order chi connectivity index (χ0) is 28.8. The number of carboxylic acid groups (broad SMARTS) is 3. The predicted molar refractivity (Wildman–Crippen MR) is 137 cm³/mol. The van der Waals surface area contributed by atoms with Crippen LogP contribution in [0.5, 0.6) is 11.5 Å². The van der Waals surface area contributed by atoms with E-state index < -0.39 is 34.8 Å². The molecule has 0 heterocycles. The van der Waals surface area contributed by atoms with Crippen LogP contribution in [0.15, 0.2) is 23.3 Å². The van der Waals surface area contributed by atoms with Gasteiger partial charge in [0, 0.05) is 12.5 Å². The molecule has 0 bridgehead atoms. The summed E-state index contributed by atoms with van der Waals surface area (Å²) in [5.74, 6) is -1.52. The maximum Gasteiger partial charge on any atom is 0.332 e. The molecule has 208 valence electrons. The van der Waals surface area contributed by atoms with E-state index in [-0.39, 0.29) is 0 Å². The highest BCUT2D eigenvalue weighted by Crippen LogP contribution is 2.28. The molecule has 0 fully saturated rings. The number of ether oxygens (including phenoxy) is 2. The molecule has 0 saturated heterocycles. The summed E-state index contributed by atoms with van der Waals surface area (Å²) in [6.07, 6.45) is 2.00. The van der Waals surface area contributed by atoms with Crippen LogP contribution in [-0.2, 0) is 14.4 Å². The number of nitrogens with two attached hydrogens (primary N) is 1. The van der Waals surface area contributed by atoms with E-state index in [0.717, 1.165) is 6.92 Å². The quantitative estimate of drug-likeness (QED) is 0.136. The molecule has 0 aromatic heterocycles. The molecule has 0 atom stereocenters. The van der Waals surface area contributed by atoms with Crippen molar-refractivity contribution in [1.82, 2.24) is 5.43 Å². The molecular weight excluding hydrogens is 486 g/mol. The monoisotopic (exact) mass is 525 g/mol. The number of aliphatic carboxylic acids is 3. The third-order valence-electron chi connectivity index (χ3n) is 5.25. The van der Waals surface area contributed by atoms with Crippen LogP contribution in [0.3, 0.4) is 0 Å². The van der Waals surface area contributed by atoms with Gasteiger partial charge in [-0.3, -0.25) is 14.4 Å². The second-order valence-corrected chi connectivity index (χ2v) is 9.63.